The van der Waals surface area contributed by atoms with Crippen LogP contribution in [0.3, 0.4) is 0 Å². The van der Waals surface area contributed by atoms with Crippen molar-refractivity contribution in [1.29, 1.82) is 0 Å². The van der Waals surface area contributed by atoms with Crippen molar-refractivity contribution >= 4 is 43.8 Å². The number of carbonyl (C=O) groups excluding carboxylic acids is 1. The number of hydrogen-bond donors (Lipinski definition) is 1. The van der Waals surface area contributed by atoms with Crippen LogP contribution in [0.1, 0.15) is 0 Å². The number of thiazole rings is 1. The number of anilines is 1. The quantitative estimate of drug-likeness (QED) is 0.513. The molecular weight excluding hydrogens is 386 g/mol. The molecule has 0 radical (unpaired) electrons. The summed E-state index contributed by atoms with van der Waals surface area (Å²) < 4.78 is 9.37. The lowest BCUT2D eigenvalue weighted by Crippen LogP contribution is -2.38. The smallest absolute Gasteiger partial charge is 0.332 e. The molecule has 12 heteroatoms. The molecule has 0 saturated carbocycles. The molecule has 0 aliphatic carbocycles. The number of methoxy groups -OCH3 is 1. The molecule has 0 bridgehead atoms. The molecule has 3 aromatic heterocycles. The molecule has 0 aliphatic rings. The standard InChI is InChI=1S/C16H15N7O4S/c1-21-13-12(14(25)22(2)16(21)26)23(20-19-13)7-11(24)18-15-17-9-5-4-8(27-3)6-10(9)28-15/h4-6H,7H2,1-3H3,(H,17,18,24). The minimum absolute atomic E-state index is 0.0776. The highest BCUT2D eigenvalue weighted by Crippen LogP contribution is 2.29. The summed E-state index contributed by atoms with van der Waals surface area (Å²) in [4.78, 5) is 41.1. The van der Waals surface area contributed by atoms with Gasteiger partial charge in [0, 0.05) is 14.1 Å². The molecule has 0 aliphatic heterocycles. The number of benzene rings is 1. The fourth-order valence-electron chi connectivity index (χ4n) is 2.79. The lowest BCUT2D eigenvalue weighted by Gasteiger charge is -2.04. The van der Waals surface area contributed by atoms with E-state index in [0.29, 0.717) is 10.9 Å². The highest BCUT2D eigenvalue weighted by molar-refractivity contribution is 7.22. The Morgan fingerprint density at radius 2 is 2.04 bits per heavy atom. The van der Waals surface area contributed by atoms with E-state index in [2.05, 4.69) is 20.6 Å². The van der Waals surface area contributed by atoms with Gasteiger partial charge in [0.2, 0.25) is 5.91 Å². The average molecular weight is 401 g/mol. The van der Waals surface area contributed by atoms with Gasteiger partial charge >= 0.3 is 5.69 Å². The van der Waals surface area contributed by atoms with Crippen LogP contribution in [0, 0.1) is 0 Å². The number of rotatable bonds is 4. The summed E-state index contributed by atoms with van der Waals surface area (Å²) in [5.41, 5.74) is -0.153. The molecule has 3 heterocycles. The first-order valence-electron chi connectivity index (χ1n) is 8.12. The number of aryl methyl sites for hydroxylation is 1. The largest absolute Gasteiger partial charge is 0.497 e. The van der Waals surface area contributed by atoms with E-state index < -0.39 is 17.2 Å². The summed E-state index contributed by atoms with van der Waals surface area (Å²) in [6.07, 6.45) is 0. The van der Waals surface area contributed by atoms with Gasteiger partial charge in [0.1, 0.15) is 12.3 Å². The normalized spacial score (nSPS) is 11.2. The molecular formula is C16H15N7O4S. The van der Waals surface area contributed by atoms with Gasteiger partial charge in [-0.05, 0) is 18.2 Å². The first-order chi connectivity index (χ1) is 13.4. The number of carbonyl (C=O) groups is 1. The number of nitrogens with one attached hydrogen (secondary N) is 1. The van der Waals surface area contributed by atoms with Crippen LogP contribution in [-0.4, -0.2) is 42.1 Å². The molecule has 4 aromatic rings. The van der Waals surface area contributed by atoms with Crippen molar-refractivity contribution in [2.24, 2.45) is 14.1 Å². The van der Waals surface area contributed by atoms with Crippen molar-refractivity contribution in [3.8, 4) is 5.75 Å². The predicted molar refractivity (Wildman–Crippen MR) is 103 cm³/mol. The molecule has 0 unspecified atom stereocenters. The van der Waals surface area contributed by atoms with Crippen LogP contribution in [0.2, 0.25) is 0 Å². The maximum atomic E-state index is 12.4. The molecule has 28 heavy (non-hydrogen) atoms. The van der Waals surface area contributed by atoms with Crippen molar-refractivity contribution in [2.45, 2.75) is 6.54 Å². The average Bonchev–Trinajstić information content (AvgIpc) is 3.27. The van der Waals surface area contributed by atoms with Crippen LogP contribution in [0.5, 0.6) is 5.75 Å². The third-order valence-corrected chi connectivity index (χ3v) is 5.19. The topological polar surface area (TPSA) is 126 Å². The van der Waals surface area contributed by atoms with Gasteiger partial charge in [0.15, 0.2) is 16.3 Å². The van der Waals surface area contributed by atoms with Gasteiger partial charge < -0.3 is 10.1 Å². The molecule has 0 saturated heterocycles. The summed E-state index contributed by atoms with van der Waals surface area (Å²) in [7, 11) is 4.42. The van der Waals surface area contributed by atoms with Crippen LogP contribution < -0.4 is 21.3 Å². The van der Waals surface area contributed by atoms with Crippen molar-refractivity contribution in [2.75, 3.05) is 12.4 Å². The number of hydrogen-bond acceptors (Lipinski definition) is 8. The lowest BCUT2D eigenvalue weighted by molar-refractivity contribution is -0.116. The number of aromatic nitrogens is 6. The molecule has 11 nitrogen and oxygen atoms in total. The molecule has 1 aromatic carbocycles. The Bertz CT molecular complexity index is 1350. The summed E-state index contributed by atoms with van der Waals surface area (Å²) in [5.74, 6) is 0.276. The van der Waals surface area contributed by atoms with Gasteiger partial charge in [-0.2, -0.15) is 0 Å². The Morgan fingerprint density at radius 1 is 1.25 bits per heavy atom. The molecule has 0 spiro atoms. The molecule has 144 valence electrons. The highest BCUT2D eigenvalue weighted by atomic mass is 32.1. The Morgan fingerprint density at radius 3 is 2.79 bits per heavy atom. The Hall–Kier alpha value is -3.54. The number of amides is 1. The van der Waals surface area contributed by atoms with E-state index in [1.54, 1.807) is 19.2 Å². The monoisotopic (exact) mass is 401 g/mol. The van der Waals surface area contributed by atoms with Gasteiger partial charge in [0.05, 0.1) is 17.3 Å². The summed E-state index contributed by atoms with van der Waals surface area (Å²) >= 11 is 1.30. The Kier molecular flexibility index (Phi) is 4.19. The zero-order chi connectivity index (χ0) is 20.0. The SMILES string of the molecule is COc1ccc2nc(NC(=O)Cn3nnc4c3c(=O)n(C)c(=O)n4C)sc2c1. The van der Waals surface area contributed by atoms with Gasteiger partial charge in [-0.3, -0.25) is 18.7 Å². The van der Waals surface area contributed by atoms with Crippen molar-refractivity contribution in [3.63, 3.8) is 0 Å². The Balaban J connectivity index is 1.62. The molecule has 1 N–H and O–H groups in total. The first-order valence-corrected chi connectivity index (χ1v) is 8.94. The van der Waals surface area contributed by atoms with E-state index in [1.165, 1.54) is 34.7 Å². The van der Waals surface area contributed by atoms with Crippen molar-refractivity contribution in [1.82, 2.24) is 29.1 Å². The van der Waals surface area contributed by atoms with Gasteiger partial charge in [0.25, 0.3) is 5.56 Å². The van der Waals surface area contributed by atoms with E-state index in [1.807, 2.05) is 6.07 Å². The zero-order valence-electron chi connectivity index (χ0n) is 15.2. The second-order valence-corrected chi connectivity index (χ2v) is 7.06. The van der Waals surface area contributed by atoms with Crippen LogP contribution >= 0.6 is 11.3 Å². The maximum Gasteiger partial charge on any atom is 0.332 e. The minimum Gasteiger partial charge on any atom is -0.497 e. The summed E-state index contributed by atoms with van der Waals surface area (Å²) in [6, 6.07) is 5.42. The van der Waals surface area contributed by atoms with E-state index in [0.717, 1.165) is 14.8 Å². The van der Waals surface area contributed by atoms with E-state index >= 15 is 0 Å². The maximum absolute atomic E-state index is 12.4. The third kappa shape index (κ3) is 2.83. The van der Waals surface area contributed by atoms with Crippen LogP contribution in [0.15, 0.2) is 27.8 Å². The molecule has 0 fully saturated rings. The molecule has 0 atom stereocenters. The molecule has 1 amide bonds. The second-order valence-electron chi connectivity index (χ2n) is 6.03. The minimum atomic E-state index is -0.567. The number of nitrogens with zero attached hydrogens (tertiary/aromatic N) is 6. The fourth-order valence-corrected chi connectivity index (χ4v) is 3.70. The van der Waals surface area contributed by atoms with Crippen LogP contribution in [0.4, 0.5) is 5.13 Å². The molecule has 4 rings (SSSR count). The van der Waals surface area contributed by atoms with E-state index in [-0.39, 0.29) is 17.7 Å². The number of ether oxygens (including phenoxy) is 1. The van der Waals surface area contributed by atoms with Crippen molar-refractivity contribution < 1.29 is 9.53 Å². The fraction of sp³-hybridized carbons (Fsp3) is 0.250. The predicted octanol–water partition coefficient (Wildman–Crippen LogP) is 0.0857. The van der Waals surface area contributed by atoms with E-state index in [9.17, 15) is 14.4 Å². The number of fused-ring (bicyclic) bond motifs is 2. The third-order valence-electron chi connectivity index (χ3n) is 4.25. The van der Waals surface area contributed by atoms with E-state index in [4.69, 9.17) is 4.74 Å². The first kappa shape index (κ1) is 17.9. The van der Waals surface area contributed by atoms with Crippen molar-refractivity contribution in [3.05, 3.63) is 39.0 Å². The van der Waals surface area contributed by atoms with Gasteiger partial charge in [-0.1, -0.05) is 16.6 Å². The van der Waals surface area contributed by atoms with Gasteiger partial charge in [-0.15, -0.1) is 5.10 Å². The second kappa shape index (κ2) is 6.56. The summed E-state index contributed by atoms with van der Waals surface area (Å²) in [5, 5.41) is 10.8. The van der Waals surface area contributed by atoms with Crippen LogP contribution in [-0.2, 0) is 25.4 Å². The lowest BCUT2D eigenvalue weighted by atomic mass is 10.3. The van der Waals surface area contributed by atoms with Gasteiger partial charge in [-0.25, -0.2) is 14.5 Å². The van der Waals surface area contributed by atoms with Crippen LogP contribution in [0.25, 0.3) is 21.4 Å². The highest BCUT2D eigenvalue weighted by Gasteiger charge is 2.18. The Labute approximate surface area is 160 Å². The zero-order valence-corrected chi connectivity index (χ0v) is 16.0. The summed E-state index contributed by atoms with van der Waals surface area (Å²) in [6.45, 7) is -0.247.